The lowest BCUT2D eigenvalue weighted by Crippen LogP contribution is -2.20. The molecule has 3 aromatic rings. The Morgan fingerprint density at radius 2 is 1.77 bits per heavy atom. The minimum Gasteiger partial charge on any atom is -0.494 e. The minimum absolute atomic E-state index is 0.354. The van der Waals surface area contributed by atoms with Crippen molar-refractivity contribution in [1.82, 2.24) is 10.3 Å². The summed E-state index contributed by atoms with van der Waals surface area (Å²) in [6.45, 7) is 6.72. The highest BCUT2D eigenvalue weighted by Gasteiger charge is 2.31. The number of pyridine rings is 1. The highest BCUT2D eigenvalue weighted by atomic mass is 32.2. The fourth-order valence-corrected chi connectivity index (χ4v) is 4.08. The van der Waals surface area contributed by atoms with E-state index in [-0.39, 0.29) is 11.7 Å². The number of rotatable bonds is 10. The van der Waals surface area contributed by atoms with E-state index in [0.29, 0.717) is 35.2 Å². The maximum atomic E-state index is 12.9. The highest BCUT2D eigenvalue weighted by molar-refractivity contribution is 8.04. The standard InChI is InChI=1S/C25H26F3N3O3S/c1-4-33-20-10-11-21-17(12-13-29-22(21)14-20)15-30-16(3)23(35-5-2)24(32)31-18-6-8-19(9-7-18)34-25(26,27)28/h6-14,30H,4-5,15H2,1-3H3,(H,31,32)/b23-16+. The number of benzene rings is 2. The van der Waals surface area contributed by atoms with Crippen molar-refractivity contribution in [2.24, 2.45) is 0 Å². The molecule has 0 atom stereocenters. The van der Waals surface area contributed by atoms with Gasteiger partial charge in [-0.15, -0.1) is 24.9 Å². The van der Waals surface area contributed by atoms with Crippen molar-refractivity contribution in [3.8, 4) is 11.5 Å². The van der Waals surface area contributed by atoms with Gasteiger partial charge >= 0.3 is 6.36 Å². The SMILES string of the molecule is CCOc1ccc2c(CN/C(C)=C(/SCC)C(=O)Nc3ccc(OC(F)(F)F)cc3)ccnc2c1. The van der Waals surface area contributed by atoms with Crippen molar-refractivity contribution in [3.05, 3.63) is 70.9 Å². The fourth-order valence-electron chi connectivity index (χ4n) is 3.32. The van der Waals surface area contributed by atoms with E-state index in [1.807, 2.05) is 45.0 Å². The zero-order chi connectivity index (χ0) is 25.4. The Bertz CT molecular complexity index is 1200. The van der Waals surface area contributed by atoms with Crippen molar-refractivity contribution in [2.75, 3.05) is 17.7 Å². The highest BCUT2D eigenvalue weighted by Crippen LogP contribution is 2.26. The van der Waals surface area contributed by atoms with Gasteiger partial charge in [-0.3, -0.25) is 9.78 Å². The number of ether oxygens (including phenoxy) is 2. The molecule has 1 aromatic heterocycles. The molecule has 1 amide bonds. The molecule has 0 aliphatic rings. The van der Waals surface area contributed by atoms with Gasteiger partial charge in [0.05, 0.1) is 17.0 Å². The van der Waals surface area contributed by atoms with E-state index in [4.69, 9.17) is 4.74 Å². The smallest absolute Gasteiger partial charge is 0.494 e. The average Bonchev–Trinajstić information content (AvgIpc) is 2.81. The average molecular weight is 506 g/mol. The van der Waals surface area contributed by atoms with E-state index in [2.05, 4.69) is 20.4 Å². The molecule has 0 bridgehead atoms. The number of alkyl halides is 3. The molecule has 0 radical (unpaired) electrons. The Labute approximate surface area is 205 Å². The molecule has 0 saturated carbocycles. The van der Waals surface area contributed by atoms with Crippen molar-refractivity contribution in [1.29, 1.82) is 0 Å². The Hall–Kier alpha value is -3.40. The number of aromatic nitrogens is 1. The van der Waals surface area contributed by atoms with Crippen LogP contribution in [0.4, 0.5) is 18.9 Å². The molecule has 0 fully saturated rings. The minimum atomic E-state index is -4.77. The molecular weight excluding hydrogens is 479 g/mol. The van der Waals surface area contributed by atoms with Crippen LogP contribution in [0, 0.1) is 0 Å². The topological polar surface area (TPSA) is 72.5 Å². The molecule has 2 aromatic carbocycles. The largest absolute Gasteiger partial charge is 0.573 e. The molecule has 2 N–H and O–H groups in total. The van der Waals surface area contributed by atoms with E-state index in [1.54, 1.807) is 6.20 Å². The van der Waals surface area contributed by atoms with Crippen LogP contribution < -0.4 is 20.1 Å². The number of hydrogen-bond donors (Lipinski definition) is 2. The van der Waals surface area contributed by atoms with Gasteiger partial charge in [0.15, 0.2) is 0 Å². The molecule has 0 spiro atoms. The predicted octanol–water partition coefficient (Wildman–Crippen LogP) is 6.25. The molecular formula is C25H26F3N3O3S. The first kappa shape index (κ1) is 26.2. The number of nitrogens with zero attached hydrogens (tertiary/aromatic N) is 1. The number of hydrogen-bond acceptors (Lipinski definition) is 6. The third kappa shape index (κ3) is 7.54. The summed E-state index contributed by atoms with van der Waals surface area (Å²) in [6.07, 6.45) is -3.04. The lowest BCUT2D eigenvalue weighted by Gasteiger charge is -2.15. The van der Waals surface area contributed by atoms with Crippen LogP contribution in [0.5, 0.6) is 11.5 Å². The molecule has 1 heterocycles. The predicted molar refractivity (Wildman–Crippen MR) is 132 cm³/mol. The van der Waals surface area contributed by atoms with Gasteiger partial charge in [0, 0.05) is 35.6 Å². The summed E-state index contributed by atoms with van der Waals surface area (Å²) in [5.74, 6) is 0.709. The second-order valence-corrected chi connectivity index (χ2v) is 8.62. The van der Waals surface area contributed by atoms with Gasteiger partial charge in [-0.2, -0.15) is 0 Å². The van der Waals surface area contributed by atoms with Gasteiger partial charge < -0.3 is 20.1 Å². The van der Waals surface area contributed by atoms with E-state index in [0.717, 1.165) is 34.3 Å². The molecule has 0 saturated heterocycles. The van der Waals surface area contributed by atoms with Gasteiger partial charge in [0.2, 0.25) is 0 Å². The first-order valence-electron chi connectivity index (χ1n) is 10.9. The molecule has 3 rings (SSSR count). The zero-order valence-corrected chi connectivity index (χ0v) is 20.3. The van der Waals surface area contributed by atoms with E-state index in [9.17, 15) is 18.0 Å². The number of halogens is 3. The summed E-state index contributed by atoms with van der Waals surface area (Å²) in [5.41, 5.74) is 2.87. The Kier molecular flexibility index (Phi) is 8.86. The number of nitrogens with one attached hydrogen (secondary N) is 2. The molecule has 186 valence electrons. The van der Waals surface area contributed by atoms with Crippen molar-refractivity contribution in [3.63, 3.8) is 0 Å². The van der Waals surface area contributed by atoms with Crippen LogP contribution in [0.25, 0.3) is 10.9 Å². The number of carbonyl (C=O) groups excluding carboxylic acids is 1. The van der Waals surface area contributed by atoms with Gasteiger partial charge in [-0.1, -0.05) is 6.92 Å². The van der Waals surface area contributed by atoms with Crippen molar-refractivity contribution < 1.29 is 27.4 Å². The lowest BCUT2D eigenvalue weighted by molar-refractivity contribution is -0.274. The first-order valence-corrected chi connectivity index (χ1v) is 11.9. The monoisotopic (exact) mass is 505 g/mol. The molecule has 35 heavy (non-hydrogen) atoms. The Balaban J connectivity index is 1.72. The zero-order valence-electron chi connectivity index (χ0n) is 19.5. The van der Waals surface area contributed by atoms with Gasteiger partial charge in [0.25, 0.3) is 5.91 Å². The van der Waals surface area contributed by atoms with Gasteiger partial charge in [0.1, 0.15) is 11.5 Å². The number of amides is 1. The summed E-state index contributed by atoms with van der Waals surface area (Å²) >= 11 is 1.37. The third-order valence-corrected chi connectivity index (χ3v) is 5.91. The van der Waals surface area contributed by atoms with Crippen LogP contribution in [0.1, 0.15) is 26.3 Å². The maximum absolute atomic E-state index is 12.9. The van der Waals surface area contributed by atoms with Crippen molar-refractivity contribution in [2.45, 2.75) is 33.7 Å². The normalized spacial score (nSPS) is 12.2. The van der Waals surface area contributed by atoms with Crippen LogP contribution in [0.3, 0.4) is 0 Å². The molecule has 10 heteroatoms. The van der Waals surface area contributed by atoms with Crippen molar-refractivity contribution >= 4 is 34.3 Å². The van der Waals surface area contributed by atoms with Crippen LogP contribution in [-0.4, -0.2) is 29.6 Å². The third-order valence-electron chi connectivity index (χ3n) is 4.84. The summed E-state index contributed by atoms with van der Waals surface area (Å²) in [4.78, 5) is 17.8. The number of anilines is 1. The van der Waals surface area contributed by atoms with E-state index < -0.39 is 6.36 Å². The Morgan fingerprint density at radius 3 is 2.43 bits per heavy atom. The second-order valence-electron chi connectivity index (χ2n) is 7.35. The van der Waals surface area contributed by atoms with E-state index >= 15 is 0 Å². The first-order chi connectivity index (χ1) is 16.7. The van der Waals surface area contributed by atoms with Gasteiger partial charge in [-0.25, -0.2) is 0 Å². The quantitative estimate of drug-likeness (QED) is 0.318. The fraction of sp³-hybridized carbons (Fsp3) is 0.280. The number of thioether (sulfide) groups is 1. The molecule has 6 nitrogen and oxygen atoms in total. The Morgan fingerprint density at radius 1 is 1.06 bits per heavy atom. The van der Waals surface area contributed by atoms with Crippen LogP contribution in [-0.2, 0) is 11.3 Å². The summed E-state index contributed by atoms with van der Waals surface area (Å²) in [5, 5.41) is 7.01. The summed E-state index contributed by atoms with van der Waals surface area (Å²) in [6, 6.07) is 12.7. The summed E-state index contributed by atoms with van der Waals surface area (Å²) in [7, 11) is 0. The van der Waals surface area contributed by atoms with Crippen LogP contribution in [0.2, 0.25) is 0 Å². The van der Waals surface area contributed by atoms with Crippen LogP contribution >= 0.6 is 11.8 Å². The van der Waals surface area contributed by atoms with Crippen LogP contribution in [0.15, 0.2) is 65.3 Å². The van der Waals surface area contributed by atoms with E-state index in [1.165, 1.54) is 23.9 Å². The maximum Gasteiger partial charge on any atom is 0.573 e. The molecule has 0 unspecified atom stereocenters. The number of allylic oxidation sites excluding steroid dienone is 1. The summed E-state index contributed by atoms with van der Waals surface area (Å²) < 4.78 is 46.4. The molecule has 0 aliphatic carbocycles. The molecule has 0 aliphatic heterocycles. The lowest BCUT2D eigenvalue weighted by atomic mass is 10.1. The second kappa shape index (κ2) is 11.8. The number of fused-ring (bicyclic) bond motifs is 1. The van der Waals surface area contributed by atoms with Gasteiger partial charge in [-0.05, 0) is 67.6 Å². The number of carbonyl (C=O) groups is 1.